The van der Waals surface area contributed by atoms with Crippen LogP contribution in [0.1, 0.15) is 34.7 Å². The van der Waals surface area contributed by atoms with Crippen molar-refractivity contribution >= 4 is 40.5 Å². The van der Waals surface area contributed by atoms with Crippen LogP contribution in [0.5, 0.6) is 0 Å². The van der Waals surface area contributed by atoms with Gasteiger partial charge in [0.2, 0.25) is 0 Å². The second kappa shape index (κ2) is 11.2. The normalized spacial score (nSPS) is 11.5. The van der Waals surface area contributed by atoms with E-state index in [-0.39, 0.29) is 18.7 Å². The van der Waals surface area contributed by atoms with Gasteiger partial charge in [-0.3, -0.25) is 9.59 Å². The first-order valence-electron chi connectivity index (χ1n) is 10.7. The van der Waals surface area contributed by atoms with Crippen LogP contribution in [0.25, 0.3) is 11.2 Å². The molecule has 3 rings (SSSR count). The Morgan fingerprint density at radius 3 is 2.46 bits per heavy atom. The largest absolute Gasteiger partial charge is 0.469 e. The maximum absolute atomic E-state index is 12.7. The van der Waals surface area contributed by atoms with Crippen LogP contribution in [-0.2, 0) is 25.6 Å². The second-order valence-electron chi connectivity index (χ2n) is 7.76. The third kappa shape index (κ3) is 6.37. The number of nitrogens with zero attached hydrogens (tertiary/aromatic N) is 5. The van der Waals surface area contributed by atoms with E-state index in [1.807, 2.05) is 11.9 Å². The molecule has 0 bridgehead atoms. The Kier molecular flexibility index (Phi) is 8.08. The fourth-order valence-corrected chi connectivity index (χ4v) is 3.35. The number of esters is 2. The van der Waals surface area contributed by atoms with Gasteiger partial charge in [0.25, 0.3) is 5.91 Å². The maximum Gasteiger partial charge on any atom is 0.328 e. The number of benzene rings is 1. The number of aryl methyl sites for hydroxylation is 1. The number of nitrogens with two attached hydrogens (primary N) is 1. The molecule has 3 aromatic rings. The summed E-state index contributed by atoms with van der Waals surface area (Å²) in [6.45, 7) is 2.17. The summed E-state index contributed by atoms with van der Waals surface area (Å²) in [5, 5.41) is 2.60. The van der Waals surface area contributed by atoms with Crippen LogP contribution < -0.4 is 16.0 Å². The lowest BCUT2D eigenvalue weighted by molar-refractivity contribution is -0.144. The van der Waals surface area contributed by atoms with Crippen LogP contribution in [-0.4, -0.2) is 65.1 Å². The Morgan fingerprint density at radius 2 is 1.80 bits per heavy atom. The first-order chi connectivity index (χ1) is 16.7. The van der Waals surface area contributed by atoms with Crippen molar-refractivity contribution in [2.75, 3.05) is 31.9 Å². The zero-order chi connectivity index (χ0) is 25.5. The number of anilines is 2. The maximum atomic E-state index is 12.7. The predicted molar refractivity (Wildman–Crippen MR) is 127 cm³/mol. The molecule has 2 aromatic heterocycles. The van der Waals surface area contributed by atoms with Crippen molar-refractivity contribution in [1.29, 1.82) is 0 Å². The molecule has 2 heterocycles. The molecule has 1 aromatic carbocycles. The number of fused-ring (bicyclic) bond motifs is 1. The van der Waals surface area contributed by atoms with Gasteiger partial charge in [-0.15, -0.1) is 0 Å². The van der Waals surface area contributed by atoms with Gasteiger partial charge in [0.05, 0.1) is 32.7 Å². The molecule has 12 nitrogen and oxygen atoms in total. The summed E-state index contributed by atoms with van der Waals surface area (Å²) < 4.78 is 9.31. The number of methoxy groups -OCH3 is 2. The van der Waals surface area contributed by atoms with Crippen molar-refractivity contribution in [3.63, 3.8) is 0 Å². The highest BCUT2D eigenvalue weighted by Gasteiger charge is 2.23. The molecule has 0 aliphatic heterocycles. The number of hydrogen-bond donors (Lipinski definition) is 2. The van der Waals surface area contributed by atoms with Crippen molar-refractivity contribution in [2.24, 2.45) is 0 Å². The van der Waals surface area contributed by atoms with Crippen molar-refractivity contribution in [1.82, 2.24) is 25.3 Å². The molecule has 3 N–H and O–H groups in total. The van der Waals surface area contributed by atoms with Gasteiger partial charge in [-0.25, -0.2) is 24.7 Å². The van der Waals surface area contributed by atoms with Crippen molar-refractivity contribution in [3.8, 4) is 0 Å². The summed E-state index contributed by atoms with van der Waals surface area (Å²) in [7, 11) is 4.34. The summed E-state index contributed by atoms with van der Waals surface area (Å²) in [5.41, 5.74) is 8.69. The number of nitrogen functional groups attached to an aromatic ring is 1. The minimum Gasteiger partial charge on any atom is -0.469 e. The van der Waals surface area contributed by atoms with Gasteiger partial charge in [-0.1, -0.05) is 0 Å². The number of carbonyl (C=O) groups excluding carboxylic acids is 3. The highest BCUT2D eigenvalue weighted by Crippen LogP contribution is 2.18. The lowest BCUT2D eigenvalue weighted by Gasteiger charge is -2.20. The third-order valence-corrected chi connectivity index (χ3v) is 5.22. The molecule has 0 radical (unpaired) electrons. The number of aromatic nitrogens is 4. The number of rotatable bonds is 9. The minimum atomic E-state index is -0.972. The molecule has 35 heavy (non-hydrogen) atoms. The Morgan fingerprint density at radius 1 is 1.09 bits per heavy atom. The standard InChI is InChI=1S/C23H27N7O5/c1-13-26-20(24)19-21(27-13)25-11-15(28-19)12-30(2)16-7-5-14(6-8-16)22(32)29-17(23(33)35-4)9-10-18(31)34-3/h5-8,11,17H,9-10,12H2,1-4H3,(H,29,32)(H2,24,25,26,27)/t17-/m1/s1. The number of nitrogens with one attached hydrogen (secondary N) is 1. The molecular formula is C23H27N7O5. The van der Waals surface area contributed by atoms with Crippen molar-refractivity contribution in [2.45, 2.75) is 32.4 Å². The highest BCUT2D eigenvalue weighted by atomic mass is 16.5. The average molecular weight is 482 g/mol. The van der Waals surface area contributed by atoms with E-state index in [9.17, 15) is 14.4 Å². The van der Waals surface area contributed by atoms with Gasteiger partial charge in [-0.05, 0) is 37.6 Å². The average Bonchev–Trinajstić information content (AvgIpc) is 2.86. The summed E-state index contributed by atoms with van der Waals surface area (Å²) in [4.78, 5) is 55.2. The summed E-state index contributed by atoms with van der Waals surface area (Å²) in [6.07, 6.45) is 1.66. The Hall–Kier alpha value is -4.35. The van der Waals surface area contributed by atoms with Crippen LogP contribution in [0.2, 0.25) is 0 Å². The SMILES string of the molecule is COC(=O)CC[C@@H](NC(=O)c1ccc(N(C)Cc2cnc3nc(C)nc(N)c3n2)cc1)C(=O)OC. The summed E-state index contributed by atoms with van der Waals surface area (Å²) in [5.74, 6) is -0.791. The number of hydrogen-bond acceptors (Lipinski definition) is 11. The lowest BCUT2D eigenvalue weighted by Crippen LogP contribution is -2.41. The van der Waals surface area contributed by atoms with Gasteiger partial charge < -0.3 is 25.4 Å². The molecule has 0 fully saturated rings. The van der Waals surface area contributed by atoms with E-state index in [4.69, 9.17) is 10.5 Å². The van der Waals surface area contributed by atoms with Gasteiger partial charge in [0.1, 0.15) is 11.9 Å². The van der Waals surface area contributed by atoms with Gasteiger partial charge in [0.15, 0.2) is 17.0 Å². The fourth-order valence-electron chi connectivity index (χ4n) is 3.35. The highest BCUT2D eigenvalue weighted by molar-refractivity contribution is 5.97. The molecular weight excluding hydrogens is 454 g/mol. The number of ether oxygens (including phenoxy) is 2. The molecule has 184 valence electrons. The molecule has 0 aliphatic carbocycles. The lowest BCUT2D eigenvalue weighted by atomic mass is 10.1. The van der Waals surface area contributed by atoms with Crippen molar-refractivity contribution < 1.29 is 23.9 Å². The molecule has 0 saturated carbocycles. The van der Waals surface area contributed by atoms with Crippen LogP contribution in [0.3, 0.4) is 0 Å². The Labute approximate surface area is 201 Å². The summed E-state index contributed by atoms with van der Waals surface area (Å²) >= 11 is 0. The first-order valence-corrected chi connectivity index (χ1v) is 10.7. The van der Waals surface area contributed by atoms with E-state index in [0.29, 0.717) is 34.8 Å². The second-order valence-corrected chi connectivity index (χ2v) is 7.76. The van der Waals surface area contributed by atoms with Crippen LogP contribution in [0.4, 0.5) is 11.5 Å². The Balaban J connectivity index is 1.67. The van der Waals surface area contributed by atoms with E-state index < -0.39 is 23.9 Å². The van der Waals surface area contributed by atoms with Crippen molar-refractivity contribution in [3.05, 3.63) is 47.5 Å². The fraction of sp³-hybridized carbons (Fsp3) is 0.348. The molecule has 0 spiro atoms. The van der Waals surface area contributed by atoms with Crippen LogP contribution in [0, 0.1) is 6.92 Å². The Bertz CT molecular complexity index is 1230. The van der Waals surface area contributed by atoms with Crippen LogP contribution in [0.15, 0.2) is 30.5 Å². The van der Waals surface area contributed by atoms with E-state index >= 15 is 0 Å². The topological polar surface area (TPSA) is 163 Å². The monoisotopic (exact) mass is 481 g/mol. The van der Waals surface area contributed by atoms with Gasteiger partial charge >= 0.3 is 11.9 Å². The van der Waals surface area contributed by atoms with E-state index in [0.717, 1.165) is 5.69 Å². The minimum absolute atomic E-state index is 0.0324. The smallest absolute Gasteiger partial charge is 0.328 e. The number of amides is 1. The predicted octanol–water partition coefficient (Wildman–Crippen LogP) is 1.17. The molecule has 0 unspecified atom stereocenters. The first kappa shape index (κ1) is 25.3. The zero-order valence-corrected chi connectivity index (χ0v) is 19.9. The van der Waals surface area contributed by atoms with E-state index in [1.54, 1.807) is 37.4 Å². The van der Waals surface area contributed by atoms with Crippen LogP contribution >= 0.6 is 0 Å². The molecule has 1 atom stereocenters. The van der Waals surface area contributed by atoms with E-state index in [1.165, 1.54) is 14.2 Å². The van der Waals surface area contributed by atoms with E-state index in [2.05, 4.69) is 30.0 Å². The van der Waals surface area contributed by atoms with Gasteiger partial charge in [-0.2, -0.15) is 0 Å². The molecule has 0 aliphatic rings. The molecule has 1 amide bonds. The van der Waals surface area contributed by atoms with Gasteiger partial charge in [0, 0.05) is 24.7 Å². The number of carbonyl (C=O) groups is 3. The molecule has 0 saturated heterocycles. The third-order valence-electron chi connectivity index (χ3n) is 5.22. The summed E-state index contributed by atoms with van der Waals surface area (Å²) in [6, 6.07) is 5.84. The zero-order valence-electron chi connectivity index (χ0n) is 19.9. The quantitative estimate of drug-likeness (QED) is 0.422. The molecule has 12 heteroatoms.